The standard InChI is InChI=1S/C55H36N4/c1-4-15-37(16-5-1)40-27-30-42(31-28-40)54-56-53(41-20-8-3-9-21-41)57-55(58-54)48-25-14-24-46(45-32-29-39-19-10-11-22-43(39)35-45)52(48)59-50-26-13-12-23-47(50)49-36-44(33-34-51(49)59)38-17-6-2-7-18-38/h1-36H/i2D,6D,7D,12D,13D,17D,18D,23D,26D,33D,34D,36D. The number of hydrogen-bond donors (Lipinski definition) is 0. The van der Waals surface area contributed by atoms with E-state index in [1.165, 1.54) is 4.57 Å². The quantitative estimate of drug-likeness (QED) is 0.162. The summed E-state index contributed by atoms with van der Waals surface area (Å²) in [6.45, 7) is 0. The Bertz CT molecular complexity index is 3980. The third kappa shape index (κ3) is 6.24. The van der Waals surface area contributed by atoms with E-state index in [0.29, 0.717) is 39.5 Å². The zero-order valence-electron chi connectivity index (χ0n) is 43.1. The third-order valence-corrected chi connectivity index (χ3v) is 10.4. The molecule has 59 heavy (non-hydrogen) atoms. The summed E-state index contributed by atoms with van der Waals surface area (Å²) in [7, 11) is 0. The predicted molar refractivity (Wildman–Crippen MR) is 244 cm³/mol. The third-order valence-electron chi connectivity index (χ3n) is 10.4. The van der Waals surface area contributed by atoms with Crippen molar-refractivity contribution in [2.24, 2.45) is 0 Å². The number of hydrogen-bond acceptors (Lipinski definition) is 3. The van der Waals surface area contributed by atoms with Gasteiger partial charge in [-0.25, -0.2) is 15.0 Å². The lowest BCUT2D eigenvalue weighted by Gasteiger charge is -2.19. The summed E-state index contributed by atoms with van der Waals surface area (Å²) in [6, 6.07) is 38.7. The molecule has 0 fully saturated rings. The van der Waals surface area contributed by atoms with Crippen molar-refractivity contribution in [2.75, 3.05) is 0 Å². The van der Waals surface area contributed by atoms with Crippen LogP contribution in [0.25, 0.3) is 106 Å². The van der Waals surface area contributed by atoms with Crippen molar-refractivity contribution in [2.45, 2.75) is 0 Å². The molecule has 0 saturated carbocycles. The molecule has 0 bridgehead atoms. The first-order valence-corrected chi connectivity index (χ1v) is 19.0. The molecule has 4 nitrogen and oxygen atoms in total. The molecule has 0 amide bonds. The Labute approximate surface area is 359 Å². The van der Waals surface area contributed by atoms with Crippen LogP contribution in [0.5, 0.6) is 0 Å². The Morgan fingerprint density at radius 3 is 1.71 bits per heavy atom. The molecule has 0 aliphatic heterocycles. The van der Waals surface area contributed by atoms with Crippen LogP contribution in [0, 0.1) is 0 Å². The van der Waals surface area contributed by atoms with Gasteiger partial charge < -0.3 is 4.57 Å². The molecule has 0 aliphatic rings. The second kappa shape index (κ2) is 14.5. The summed E-state index contributed by atoms with van der Waals surface area (Å²) in [6.07, 6.45) is 0. The van der Waals surface area contributed by atoms with Crippen LogP contribution < -0.4 is 0 Å². The van der Waals surface area contributed by atoms with Crippen LogP contribution in [0.3, 0.4) is 0 Å². The second-order valence-corrected chi connectivity index (χ2v) is 13.9. The van der Waals surface area contributed by atoms with E-state index in [1.807, 2.05) is 140 Å². The summed E-state index contributed by atoms with van der Waals surface area (Å²) in [5, 5.41) is 1.50. The van der Waals surface area contributed by atoms with Gasteiger partial charge in [0.05, 0.1) is 33.2 Å². The summed E-state index contributed by atoms with van der Waals surface area (Å²) >= 11 is 0. The van der Waals surface area contributed by atoms with E-state index in [2.05, 4.69) is 0 Å². The normalized spacial score (nSPS) is 14.2. The van der Waals surface area contributed by atoms with Gasteiger partial charge in [0.2, 0.25) is 0 Å². The van der Waals surface area contributed by atoms with Crippen molar-refractivity contribution in [3.63, 3.8) is 0 Å². The minimum absolute atomic E-state index is 0.130. The molecule has 0 saturated heterocycles. The molecule has 0 aliphatic carbocycles. The summed E-state index contributed by atoms with van der Waals surface area (Å²) in [4.78, 5) is 15.2. The Morgan fingerprint density at radius 2 is 0.932 bits per heavy atom. The number of fused-ring (bicyclic) bond motifs is 4. The van der Waals surface area contributed by atoms with Crippen LogP contribution in [0.2, 0.25) is 0 Å². The maximum absolute atomic E-state index is 9.86. The molecular formula is C55H36N4. The molecule has 11 aromatic rings. The van der Waals surface area contributed by atoms with Crippen molar-refractivity contribution >= 4 is 32.6 Å². The lowest BCUT2D eigenvalue weighted by atomic mass is 9.96. The van der Waals surface area contributed by atoms with Crippen molar-refractivity contribution in [3.05, 3.63) is 218 Å². The lowest BCUT2D eigenvalue weighted by Crippen LogP contribution is -2.05. The van der Waals surface area contributed by atoms with Gasteiger partial charge in [0, 0.05) is 33.0 Å². The molecule has 0 atom stereocenters. The molecule has 276 valence electrons. The minimum Gasteiger partial charge on any atom is -0.308 e. The van der Waals surface area contributed by atoms with Crippen LogP contribution in [0.15, 0.2) is 218 Å². The molecule has 0 N–H and O–H groups in total. The molecule has 0 spiro atoms. The van der Waals surface area contributed by atoms with E-state index in [1.54, 1.807) is 6.07 Å². The Hall–Kier alpha value is -7.95. The predicted octanol–water partition coefficient (Wildman–Crippen LogP) is 14.1. The Morgan fingerprint density at radius 1 is 0.356 bits per heavy atom. The highest BCUT2D eigenvalue weighted by molar-refractivity contribution is 6.11. The average Bonchev–Trinajstić information content (AvgIpc) is 3.77. The highest BCUT2D eigenvalue weighted by atomic mass is 15.1. The molecule has 2 aromatic heterocycles. The van der Waals surface area contributed by atoms with Gasteiger partial charge in [-0.3, -0.25) is 0 Å². The number of rotatable bonds is 7. The first-order valence-electron chi connectivity index (χ1n) is 25.0. The zero-order valence-corrected chi connectivity index (χ0v) is 31.1. The maximum atomic E-state index is 9.86. The molecular weight excluding hydrogens is 717 g/mol. The van der Waals surface area contributed by atoms with Gasteiger partial charge in [-0.15, -0.1) is 0 Å². The highest BCUT2D eigenvalue weighted by Crippen LogP contribution is 2.42. The summed E-state index contributed by atoms with van der Waals surface area (Å²) in [5.41, 5.74) is 3.94. The molecule has 4 heteroatoms. The van der Waals surface area contributed by atoms with Gasteiger partial charge in [0.15, 0.2) is 17.5 Å². The number of aromatic nitrogens is 4. The summed E-state index contributed by atoms with van der Waals surface area (Å²) in [5.74, 6) is 0.815. The van der Waals surface area contributed by atoms with Gasteiger partial charge in [0.25, 0.3) is 0 Å². The molecule has 11 rings (SSSR count). The van der Waals surface area contributed by atoms with Crippen molar-refractivity contribution < 1.29 is 16.4 Å². The van der Waals surface area contributed by atoms with Crippen LogP contribution in [-0.4, -0.2) is 19.5 Å². The smallest absolute Gasteiger partial charge is 0.166 e. The topological polar surface area (TPSA) is 43.6 Å². The van der Waals surface area contributed by atoms with Gasteiger partial charge in [-0.05, 0) is 68.8 Å². The van der Waals surface area contributed by atoms with Gasteiger partial charge in [-0.2, -0.15) is 0 Å². The zero-order chi connectivity index (χ0) is 49.6. The molecule has 9 aromatic carbocycles. The van der Waals surface area contributed by atoms with E-state index in [0.717, 1.165) is 21.9 Å². The number of nitrogens with zero attached hydrogens (tertiary/aromatic N) is 4. The molecule has 0 radical (unpaired) electrons. The van der Waals surface area contributed by atoms with E-state index in [4.69, 9.17) is 24.5 Å². The molecule has 2 heterocycles. The summed E-state index contributed by atoms with van der Waals surface area (Å²) < 4.78 is 111. The Kier molecular flexibility index (Phi) is 5.90. The second-order valence-electron chi connectivity index (χ2n) is 13.9. The fourth-order valence-electron chi connectivity index (χ4n) is 7.58. The van der Waals surface area contributed by atoms with E-state index >= 15 is 0 Å². The van der Waals surface area contributed by atoms with Crippen molar-refractivity contribution in [1.29, 1.82) is 0 Å². The SMILES string of the molecule is [2H]c1c([2H])c([2H])c(-c2c([2H])c([2H])c3c(c2[2H])c2c([2H])c([2H])c([2H])c([2H])c2n3-c2c(-c3ccc4ccccc4c3)cccc2-c2nc(-c3ccccc3)nc(-c3ccc(-c4ccccc4)cc3)n2)c([2H])c1[2H]. The monoisotopic (exact) mass is 764 g/mol. The van der Waals surface area contributed by atoms with Gasteiger partial charge in [0.1, 0.15) is 0 Å². The largest absolute Gasteiger partial charge is 0.308 e. The maximum Gasteiger partial charge on any atom is 0.166 e. The highest BCUT2D eigenvalue weighted by Gasteiger charge is 2.23. The fourth-order valence-corrected chi connectivity index (χ4v) is 7.58. The first kappa shape index (κ1) is 24.0. The molecule has 0 unspecified atom stereocenters. The first-order chi connectivity index (χ1) is 34.2. The minimum atomic E-state index is -0.705. The van der Waals surface area contributed by atoms with Crippen LogP contribution >= 0.6 is 0 Å². The van der Waals surface area contributed by atoms with Gasteiger partial charge >= 0.3 is 0 Å². The van der Waals surface area contributed by atoms with Crippen LogP contribution in [-0.2, 0) is 0 Å². The van der Waals surface area contributed by atoms with Crippen LogP contribution in [0.4, 0.5) is 0 Å². The van der Waals surface area contributed by atoms with Crippen LogP contribution in [0.1, 0.15) is 16.4 Å². The Balaban J connectivity index is 1.30. The number of benzene rings is 9. The van der Waals surface area contributed by atoms with E-state index < -0.39 is 83.6 Å². The van der Waals surface area contributed by atoms with Gasteiger partial charge in [-0.1, -0.05) is 188 Å². The fraction of sp³-hybridized carbons (Fsp3) is 0. The number of para-hydroxylation sites is 2. The lowest BCUT2D eigenvalue weighted by molar-refractivity contribution is 1.06. The van der Waals surface area contributed by atoms with Crippen molar-refractivity contribution in [1.82, 2.24) is 19.5 Å². The average molecular weight is 765 g/mol. The van der Waals surface area contributed by atoms with E-state index in [9.17, 15) is 6.85 Å². The van der Waals surface area contributed by atoms with Crippen molar-refractivity contribution in [3.8, 4) is 73.2 Å². The van der Waals surface area contributed by atoms with E-state index in [-0.39, 0.29) is 33.3 Å².